The predicted octanol–water partition coefficient (Wildman–Crippen LogP) is 4.85. The Morgan fingerprint density at radius 2 is 1.73 bits per heavy atom. The molecule has 0 saturated heterocycles. The number of amides is 2. The molecule has 8 nitrogen and oxygen atoms in total. The highest BCUT2D eigenvalue weighted by atomic mass is 19.1. The van der Waals surface area contributed by atoms with E-state index >= 15 is 4.39 Å². The van der Waals surface area contributed by atoms with Crippen LogP contribution in [0.5, 0.6) is 0 Å². The second kappa shape index (κ2) is 10.0. The summed E-state index contributed by atoms with van der Waals surface area (Å²) in [4.78, 5) is 35.2. The first kappa shape index (κ1) is 25.0. The van der Waals surface area contributed by atoms with Crippen LogP contribution >= 0.6 is 0 Å². The maximum Gasteiger partial charge on any atom is 0.270 e. The molecule has 3 aromatic rings. The number of aryl methyl sites for hydroxylation is 2. The largest absolute Gasteiger partial charge is 0.339 e. The van der Waals surface area contributed by atoms with Crippen LogP contribution < -0.4 is 10.6 Å². The number of hydrogen-bond acceptors (Lipinski definition) is 5. The van der Waals surface area contributed by atoms with E-state index in [9.17, 15) is 9.59 Å². The topological polar surface area (TPSA) is 102 Å². The van der Waals surface area contributed by atoms with Gasteiger partial charge >= 0.3 is 0 Å². The lowest BCUT2D eigenvalue weighted by Crippen LogP contribution is -2.50. The van der Waals surface area contributed by atoms with E-state index in [1.807, 2.05) is 33.8 Å². The molecule has 37 heavy (non-hydrogen) atoms. The minimum Gasteiger partial charge on any atom is -0.339 e. The van der Waals surface area contributed by atoms with Crippen LogP contribution in [-0.4, -0.2) is 37.6 Å². The fourth-order valence-electron chi connectivity index (χ4n) is 5.34. The molecule has 0 spiro atoms. The molecule has 3 aromatic heterocycles. The zero-order valence-electron chi connectivity index (χ0n) is 21.7. The molecule has 0 aromatic carbocycles. The number of anilines is 1. The molecule has 2 aliphatic rings. The number of rotatable bonds is 9. The number of hydrogen-bond donors (Lipinski definition) is 2. The van der Waals surface area contributed by atoms with Crippen LogP contribution in [0.3, 0.4) is 0 Å². The highest BCUT2D eigenvalue weighted by molar-refractivity contribution is 6.00. The molecule has 3 heterocycles. The van der Waals surface area contributed by atoms with Gasteiger partial charge in [0.2, 0.25) is 11.9 Å². The van der Waals surface area contributed by atoms with Crippen LogP contribution in [0.4, 0.5) is 10.2 Å². The normalized spacial score (nSPS) is 16.2. The maximum absolute atomic E-state index is 15.1. The van der Waals surface area contributed by atoms with Gasteiger partial charge in [0, 0.05) is 35.3 Å². The summed E-state index contributed by atoms with van der Waals surface area (Å²) in [6, 6.07) is 5.96. The van der Waals surface area contributed by atoms with Gasteiger partial charge in [-0.2, -0.15) is 9.49 Å². The SMILES string of the molecule is Cc1ccnc(C)c1-c1ccc(NC(=O)C(NC(=O)c2ccnn2C(C)C)C(C2CC2)C2CC2)nc1F. The Morgan fingerprint density at radius 3 is 2.32 bits per heavy atom. The zero-order valence-corrected chi connectivity index (χ0v) is 21.7. The molecule has 5 rings (SSSR count). The Bertz CT molecular complexity index is 1300. The van der Waals surface area contributed by atoms with Crippen molar-refractivity contribution in [2.75, 3.05) is 5.32 Å². The van der Waals surface area contributed by atoms with Crippen molar-refractivity contribution in [2.24, 2.45) is 17.8 Å². The number of carbonyl (C=O) groups excluding carboxylic acids is 2. The van der Waals surface area contributed by atoms with E-state index in [4.69, 9.17) is 0 Å². The van der Waals surface area contributed by atoms with Crippen molar-refractivity contribution >= 4 is 17.6 Å². The van der Waals surface area contributed by atoms with E-state index in [0.29, 0.717) is 34.4 Å². The highest BCUT2D eigenvalue weighted by Gasteiger charge is 2.48. The lowest BCUT2D eigenvalue weighted by atomic mass is 9.88. The van der Waals surface area contributed by atoms with Gasteiger partial charge in [0.25, 0.3) is 5.91 Å². The summed E-state index contributed by atoms with van der Waals surface area (Å²) in [5.41, 5.74) is 3.04. The van der Waals surface area contributed by atoms with Gasteiger partial charge in [-0.1, -0.05) is 0 Å². The van der Waals surface area contributed by atoms with Crippen LogP contribution in [0.25, 0.3) is 11.1 Å². The quantitative estimate of drug-likeness (QED) is 0.406. The molecular formula is C28H33FN6O2. The Hall–Kier alpha value is -3.62. The molecule has 2 fully saturated rings. The van der Waals surface area contributed by atoms with E-state index in [0.717, 1.165) is 31.2 Å². The van der Waals surface area contributed by atoms with Gasteiger partial charge < -0.3 is 10.6 Å². The Kier molecular flexibility index (Phi) is 6.79. The predicted molar refractivity (Wildman–Crippen MR) is 138 cm³/mol. The number of halogens is 1. The smallest absolute Gasteiger partial charge is 0.270 e. The molecule has 2 amide bonds. The molecule has 2 saturated carbocycles. The van der Waals surface area contributed by atoms with E-state index in [1.54, 1.807) is 35.3 Å². The average molecular weight is 505 g/mol. The summed E-state index contributed by atoms with van der Waals surface area (Å²) in [6.45, 7) is 7.62. The van der Waals surface area contributed by atoms with Crippen molar-refractivity contribution in [3.05, 3.63) is 59.6 Å². The number of nitrogens with one attached hydrogen (secondary N) is 2. The third-order valence-corrected chi connectivity index (χ3v) is 7.40. The number of aromatic nitrogens is 4. The second-order valence-electron chi connectivity index (χ2n) is 10.6. The molecule has 194 valence electrons. The first-order valence-electron chi connectivity index (χ1n) is 13.0. The van der Waals surface area contributed by atoms with Crippen LogP contribution in [0.2, 0.25) is 0 Å². The average Bonchev–Trinajstić information content (AvgIpc) is 3.79. The van der Waals surface area contributed by atoms with E-state index in [2.05, 4.69) is 25.7 Å². The lowest BCUT2D eigenvalue weighted by Gasteiger charge is -2.27. The minimum absolute atomic E-state index is 0.00321. The van der Waals surface area contributed by atoms with Gasteiger partial charge in [0.05, 0.1) is 0 Å². The van der Waals surface area contributed by atoms with Crippen molar-refractivity contribution < 1.29 is 14.0 Å². The van der Waals surface area contributed by atoms with E-state index in [1.165, 1.54) is 0 Å². The Morgan fingerprint density at radius 1 is 1.03 bits per heavy atom. The third kappa shape index (κ3) is 5.26. The van der Waals surface area contributed by atoms with Gasteiger partial charge in [-0.05, 0) is 101 Å². The highest BCUT2D eigenvalue weighted by Crippen LogP contribution is 2.51. The molecule has 1 atom stereocenters. The molecular weight excluding hydrogens is 471 g/mol. The van der Waals surface area contributed by atoms with E-state index < -0.39 is 12.0 Å². The van der Waals surface area contributed by atoms with Gasteiger partial charge in [-0.15, -0.1) is 0 Å². The van der Waals surface area contributed by atoms with Crippen molar-refractivity contribution in [3.63, 3.8) is 0 Å². The summed E-state index contributed by atoms with van der Waals surface area (Å²) in [7, 11) is 0. The van der Waals surface area contributed by atoms with Crippen molar-refractivity contribution in [3.8, 4) is 11.1 Å². The molecule has 9 heteroatoms. The van der Waals surface area contributed by atoms with Crippen LogP contribution in [-0.2, 0) is 4.79 Å². The third-order valence-electron chi connectivity index (χ3n) is 7.40. The molecule has 0 bridgehead atoms. The minimum atomic E-state index is -0.740. The summed E-state index contributed by atoms with van der Waals surface area (Å²) < 4.78 is 16.8. The van der Waals surface area contributed by atoms with Crippen LogP contribution in [0, 0.1) is 37.5 Å². The Labute approximate surface area is 216 Å². The van der Waals surface area contributed by atoms with Gasteiger partial charge in [0.15, 0.2) is 0 Å². The monoisotopic (exact) mass is 504 g/mol. The maximum atomic E-state index is 15.1. The van der Waals surface area contributed by atoms with Crippen molar-refractivity contribution in [1.29, 1.82) is 0 Å². The number of pyridine rings is 2. The number of nitrogens with zero attached hydrogens (tertiary/aromatic N) is 4. The fraction of sp³-hybridized carbons (Fsp3) is 0.464. The van der Waals surface area contributed by atoms with Gasteiger partial charge in [0.1, 0.15) is 17.6 Å². The lowest BCUT2D eigenvalue weighted by molar-refractivity contribution is -0.119. The van der Waals surface area contributed by atoms with Crippen LogP contribution in [0.1, 0.15) is 67.3 Å². The van der Waals surface area contributed by atoms with Gasteiger partial charge in [-0.3, -0.25) is 19.3 Å². The van der Waals surface area contributed by atoms with Crippen molar-refractivity contribution in [1.82, 2.24) is 25.1 Å². The molecule has 2 aliphatic carbocycles. The second-order valence-corrected chi connectivity index (χ2v) is 10.6. The molecule has 2 N–H and O–H groups in total. The summed E-state index contributed by atoms with van der Waals surface area (Å²) in [6.07, 6.45) is 7.48. The summed E-state index contributed by atoms with van der Waals surface area (Å²) in [5.74, 6) is -0.425. The standard InChI is InChI=1S/C28H33FN6O2/c1-15(2)35-21(12-14-31-35)27(36)34-25(24(18-5-6-18)19-7-8-19)28(37)33-22-10-9-20(26(29)32-22)23-16(3)11-13-30-17(23)4/h9-15,18-19,24-25H,5-8H2,1-4H3,(H,34,36)(H,32,33,37). The molecule has 0 radical (unpaired) electrons. The Balaban J connectivity index is 1.39. The first-order chi connectivity index (χ1) is 17.7. The molecule has 1 unspecified atom stereocenters. The first-order valence-corrected chi connectivity index (χ1v) is 13.0. The fourth-order valence-corrected chi connectivity index (χ4v) is 5.34. The summed E-state index contributed by atoms with van der Waals surface area (Å²) >= 11 is 0. The number of carbonyl (C=O) groups is 2. The van der Waals surface area contributed by atoms with Gasteiger partial charge in [-0.25, -0.2) is 4.98 Å². The summed E-state index contributed by atoms with van der Waals surface area (Å²) in [5, 5.41) is 10.0. The van der Waals surface area contributed by atoms with Crippen molar-refractivity contribution in [2.45, 2.75) is 65.5 Å². The van der Waals surface area contributed by atoms with Crippen LogP contribution in [0.15, 0.2) is 36.7 Å². The van der Waals surface area contributed by atoms with E-state index in [-0.39, 0.29) is 29.6 Å². The molecule has 0 aliphatic heterocycles. The zero-order chi connectivity index (χ0) is 26.3.